The average Bonchev–Trinajstić information content (AvgIpc) is 3.26. The Kier molecular flexibility index (Phi) is 7.88. The summed E-state index contributed by atoms with van der Waals surface area (Å²) < 4.78 is 0. The first kappa shape index (κ1) is 31.6. The summed E-state index contributed by atoms with van der Waals surface area (Å²) in [5.74, 6) is 0.847. The minimum absolute atomic E-state index is 0.0717. The van der Waals surface area contributed by atoms with Crippen LogP contribution in [-0.4, -0.2) is 10.8 Å². The molecule has 254 valence electrons. The van der Waals surface area contributed by atoms with Gasteiger partial charge in [0.25, 0.3) is 0 Å². The molecule has 0 saturated heterocycles. The molecule has 3 heteroatoms. The molecule has 0 spiro atoms. The van der Waals surface area contributed by atoms with Crippen LogP contribution >= 0.6 is 0 Å². The van der Waals surface area contributed by atoms with Crippen molar-refractivity contribution >= 4 is 33.1 Å². The molecule has 1 aromatic heterocycles. The fourth-order valence-electron chi connectivity index (χ4n) is 7.88. The van der Waals surface area contributed by atoms with E-state index in [0.717, 1.165) is 56.2 Å². The summed E-state index contributed by atoms with van der Waals surface area (Å²) in [5, 5.41) is 8.80. The molecule has 1 unspecified atom stereocenters. The van der Waals surface area contributed by atoms with Gasteiger partial charge in [-0.3, -0.25) is 4.98 Å². The van der Waals surface area contributed by atoms with Gasteiger partial charge in [-0.2, -0.15) is 0 Å². The number of aromatic nitrogens is 1. The van der Waals surface area contributed by atoms with E-state index in [9.17, 15) is 0 Å². The highest BCUT2D eigenvalue weighted by Crippen LogP contribution is 2.40. The highest BCUT2D eigenvalue weighted by molar-refractivity contribution is 6.06. The maximum Gasteiger partial charge on any atom is 0.134 e. The summed E-state index contributed by atoms with van der Waals surface area (Å²) in [6.45, 7) is 0. The van der Waals surface area contributed by atoms with Gasteiger partial charge in [-0.25, -0.2) is 4.99 Å². The zero-order valence-corrected chi connectivity index (χ0v) is 29.5. The fourth-order valence-corrected chi connectivity index (χ4v) is 7.88. The van der Waals surface area contributed by atoms with Crippen LogP contribution in [0.25, 0.3) is 66.2 Å². The van der Waals surface area contributed by atoms with Crippen molar-refractivity contribution < 1.29 is 0 Å². The Labute approximate surface area is 315 Å². The average molecular weight is 690 g/mol. The number of hydrogen-bond donors (Lipinski definition) is 1. The number of amidine groups is 1. The molecule has 0 saturated carbocycles. The van der Waals surface area contributed by atoms with Gasteiger partial charge >= 0.3 is 0 Å². The van der Waals surface area contributed by atoms with Crippen LogP contribution in [0.1, 0.15) is 22.7 Å². The van der Waals surface area contributed by atoms with Crippen LogP contribution in [0.3, 0.4) is 0 Å². The Morgan fingerprint density at radius 2 is 1.00 bits per heavy atom. The van der Waals surface area contributed by atoms with Crippen molar-refractivity contribution in [1.82, 2.24) is 10.3 Å². The summed E-state index contributed by atoms with van der Waals surface area (Å²) in [6, 6.07) is 69.3. The summed E-state index contributed by atoms with van der Waals surface area (Å²) in [5.41, 5.74) is 13.4. The number of benzene rings is 8. The molecule has 1 N–H and O–H groups in total. The van der Waals surface area contributed by atoms with Crippen molar-refractivity contribution in [1.29, 1.82) is 0 Å². The molecule has 54 heavy (non-hydrogen) atoms. The number of rotatable bonds is 6. The van der Waals surface area contributed by atoms with Crippen LogP contribution in [-0.2, 0) is 0 Å². The zero-order valence-electron chi connectivity index (χ0n) is 29.5. The van der Waals surface area contributed by atoms with E-state index in [1.807, 2.05) is 24.4 Å². The summed E-state index contributed by atoms with van der Waals surface area (Å²) in [7, 11) is 0. The molecule has 1 aliphatic rings. The van der Waals surface area contributed by atoms with Gasteiger partial charge < -0.3 is 5.32 Å². The fraction of sp³-hybridized carbons (Fsp3) is 0.0196. The number of aliphatic imine (C=N–C) groups is 1. The van der Waals surface area contributed by atoms with E-state index in [1.54, 1.807) is 0 Å². The summed E-state index contributed by atoms with van der Waals surface area (Å²) in [6.07, 6.45) is 1.84. The Hall–Kier alpha value is -7.10. The zero-order chi connectivity index (χ0) is 35.8. The van der Waals surface area contributed by atoms with Gasteiger partial charge in [-0.15, -0.1) is 0 Å². The van der Waals surface area contributed by atoms with Crippen molar-refractivity contribution in [3.63, 3.8) is 0 Å². The first-order chi connectivity index (χ1) is 26.7. The first-order valence-electron chi connectivity index (χ1n) is 18.4. The third-order valence-electron chi connectivity index (χ3n) is 10.6. The van der Waals surface area contributed by atoms with Crippen LogP contribution in [0.5, 0.6) is 0 Å². The third-order valence-corrected chi connectivity index (χ3v) is 10.6. The van der Waals surface area contributed by atoms with Crippen LogP contribution in [0.2, 0.25) is 0 Å². The molecule has 9 aromatic rings. The monoisotopic (exact) mass is 689 g/mol. The Morgan fingerprint density at radius 3 is 1.72 bits per heavy atom. The largest absolute Gasteiger partial charge is 0.359 e. The molecule has 3 nitrogen and oxygen atoms in total. The lowest BCUT2D eigenvalue weighted by Crippen LogP contribution is -2.32. The third kappa shape index (κ3) is 5.82. The van der Waals surface area contributed by atoms with Crippen molar-refractivity contribution in [2.45, 2.75) is 6.04 Å². The highest BCUT2D eigenvalue weighted by atomic mass is 15.1. The lowest BCUT2D eigenvalue weighted by molar-refractivity contribution is 0.749. The molecule has 2 heterocycles. The predicted octanol–water partition coefficient (Wildman–Crippen LogP) is 12.8. The van der Waals surface area contributed by atoms with Crippen LogP contribution in [0, 0.1) is 0 Å². The molecule has 8 aromatic carbocycles. The minimum Gasteiger partial charge on any atom is -0.359 e. The van der Waals surface area contributed by atoms with E-state index in [-0.39, 0.29) is 6.04 Å². The van der Waals surface area contributed by atoms with Crippen LogP contribution in [0.15, 0.2) is 205 Å². The molecule has 1 aliphatic heterocycles. The van der Waals surface area contributed by atoms with Crippen molar-refractivity contribution in [3.05, 3.63) is 217 Å². The van der Waals surface area contributed by atoms with E-state index in [2.05, 4.69) is 186 Å². The number of fused-ring (bicyclic) bond motifs is 3. The smallest absolute Gasteiger partial charge is 0.134 e. The summed E-state index contributed by atoms with van der Waals surface area (Å²) in [4.78, 5) is 10.0. The SMILES string of the molecule is c1ccc(C2NC(c3cc(-c4ccc(-c5ccccn5)cc4)cc(-c4cccc5ccccc45)c3)=Nc3cc(-c4cccc5ccccc45)ccc32)cc1. The standard InChI is InChI=1S/C51H35N3/c1-2-14-38(15-3-1)50-47-28-27-39(45-20-10-16-35-12-4-6-18-43(35)45)33-49(47)53-51(54-50)42-31-40(34-23-25-37(26-24-34)48-22-8-9-29-52-48)30-41(32-42)46-21-11-17-36-13-5-7-19-44(36)46/h1-33,50H,(H,53,54). The van der Waals surface area contributed by atoms with Gasteiger partial charge in [0, 0.05) is 22.9 Å². The van der Waals surface area contributed by atoms with Gasteiger partial charge in [0.1, 0.15) is 5.84 Å². The van der Waals surface area contributed by atoms with Crippen molar-refractivity contribution in [2.75, 3.05) is 0 Å². The number of pyridine rings is 1. The van der Waals surface area contributed by atoms with E-state index in [4.69, 9.17) is 4.99 Å². The predicted molar refractivity (Wildman–Crippen MR) is 225 cm³/mol. The van der Waals surface area contributed by atoms with E-state index in [0.29, 0.717) is 0 Å². The molecule has 0 radical (unpaired) electrons. The number of hydrogen-bond acceptors (Lipinski definition) is 3. The van der Waals surface area contributed by atoms with Gasteiger partial charge in [0.05, 0.1) is 17.4 Å². The van der Waals surface area contributed by atoms with E-state index >= 15 is 0 Å². The van der Waals surface area contributed by atoms with Crippen molar-refractivity contribution in [3.8, 4) is 44.6 Å². The van der Waals surface area contributed by atoms with Crippen molar-refractivity contribution in [2.24, 2.45) is 4.99 Å². The van der Waals surface area contributed by atoms with Gasteiger partial charge in [0.15, 0.2) is 0 Å². The molecule has 0 aliphatic carbocycles. The highest BCUT2D eigenvalue weighted by Gasteiger charge is 2.26. The lowest BCUT2D eigenvalue weighted by Gasteiger charge is -2.29. The molecule has 1 atom stereocenters. The van der Waals surface area contributed by atoms with Gasteiger partial charge in [-0.1, -0.05) is 158 Å². The quantitative estimate of drug-likeness (QED) is 0.189. The Balaban J connectivity index is 1.16. The summed E-state index contributed by atoms with van der Waals surface area (Å²) >= 11 is 0. The van der Waals surface area contributed by atoms with Crippen LogP contribution in [0.4, 0.5) is 5.69 Å². The topological polar surface area (TPSA) is 37.3 Å². The first-order valence-corrected chi connectivity index (χ1v) is 18.4. The number of nitrogens with one attached hydrogen (secondary N) is 1. The maximum absolute atomic E-state index is 5.44. The second kappa shape index (κ2) is 13.5. The second-order valence-electron chi connectivity index (χ2n) is 13.9. The number of nitrogens with zero attached hydrogens (tertiary/aromatic N) is 2. The Morgan fingerprint density at radius 1 is 0.407 bits per heavy atom. The Bertz CT molecular complexity index is 2830. The van der Waals surface area contributed by atoms with Gasteiger partial charge in [-0.05, 0) is 96.9 Å². The molecule has 0 amide bonds. The molecular formula is C51H35N3. The second-order valence-corrected chi connectivity index (χ2v) is 13.9. The van der Waals surface area contributed by atoms with Gasteiger partial charge in [0.2, 0.25) is 0 Å². The molecule has 0 bridgehead atoms. The van der Waals surface area contributed by atoms with Crippen LogP contribution < -0.4 is 5.32 Å². The lowest BCUT2D eigenvalue weighted by atomic mass is 9.90. The van der Waals surface area contributed by atoms with E-state index in [1.165, 1.54) is 38.2 Å². The van der Waals surface area contributed by atoms with E-state index < -0.39 is 0 Å². The minimum atomic E-state index is -0.0717. The normalized spacial score (nSPS) is 13.6. The maximum atomic E-state index is 5.44. The molecule has 10 rings (SSSR count). The molecular weight excluding hydrogens is 655 g/mol. The molecule has 0 fully saturated rings.